The Morgan fingerprint density at radius 1 is 1.38 bits per heavy atom. The summed E-state index contributed by atoms with van der Waals surface area (Å²) in [6.07, 6.45) is 0. The van der Waals surface area contributed by atoms with Gasteiger partial charge in [0.2, 0.25) is 5.91 Å². The zero-order valence-electron chi connectivity index (χ0n) is 8.78. The highest BCUT2D eigenvalue weighted by Crippen LogP contribution is 2.10. The van der Waals surface area contributed by atoms with Crippen LogP contribution in [0.5, 0.6) is 0 Å². The minimum Gasteiger partial charge on any atom is -0.336 e. The molecule has 1 aliphatic heterocycles. The van der Waals surface area contributed by atoms with Gasteiger partial charge in [0.15, 0.2) is 0 Å². The van der Waals surface area contributed by atoms with E-state index in [-0.39, 0.29) is 24.1 Å². The molecule has 1 fully saturated rings. The Balaban J connectivity index is 0.00000128. The number of piperazine rings is 1. The van der Waals surface area contributed by atoms with Crippen LogP contribution >= 0.6 is 12.4 Å². The fourth-order valence-electron chi connectivity index (χ4n) is 1.65. The van der Waals surface area contributed by atoms with Gasteiger partial charge in [0.1, 0.15) is 5.82 Å². The van der Waals surface area contributed by atoms with Crippen molar-refractivity contribution in [2.75, 3.05) is 19.6 Å². The Labute approximate surface area is 100 Å². The van der Waals surface area contributed by atoms with Crippen LogP contribution in [-0.2, 0) is 11.3 Å². The van der Waals surface area contributed by atoms with E-state index >= 15 is 0 Å². The summed E-state index contributed by atoms with van der Waals surface area (Å²) in [4.78, 5) is 13.1. The van der Waals surface area contributed by atoms with Crippen LogP contribution in [0.2, 0.25) is 0 Å². The first-order valence-corrected chi connectivity index (χ1v) is 4.99. The van der Waals surface area contributed by atoms with Gasteiger partial charge in [0, 0.05) is 25.2 Å². The number of hydrogen-bond acceptors (Lipinski definition) is 2. The monoisotopic (exact) mass is 244 g/mol. The average molecular weight is 245 g/mol. The second kappa shape index (κ2) is 5.82. The molecule has 2 rings (SSSR count). The molecule has 5 heteroatoms. The number of halogens is 2. The van der Waals surface area contributed by atoms with E-state index in [0.717, 1.165) is 6.54 Å². The van der Waals surface area contributed by atoms with E-state index in [9.17, 15) is 9.18 Å². The summed E-state index contributed by atoms with van der Waals surface area (Å²) in [5, 5.41) is 2.98. The van der Waals surface area contributed by atoms with Crippen molar-refractivity contribution < 1.29 is 9.18 Å². The molecular formula is C11H14ClFN2O. The number of benzene rings is 1. The summed E-state index contributed by atoms with van der Waals surface area (Å²) >= 11 is 0. The SMILES string of the molecule is Cl.O=C1CNCCN1Cc1ccccc1F. The van der Waals surface area contributed by atoms with Gasteiger partial charge in [-0.2, -0.15) is 0 Å². The summed E-state index contributed by atoms with van der Waals surface area (Å²) in [5.74, 6) is -0.215. The average Bonchev–Trinajstić information content (AvgIpc) is 2.24. The predicted octanol–water partition coefficient (Wildman–Crippen LogP) is 1.18. The fraction of sp³-hybridized carbons (Fsp3) is 0.364. The van der Waals surface area contributed by atoms with E-state index in [1.807, 2.05) is 0 Å². The molecular weight excluding hydrogens is 231 g/mol. The molecule has 1 N–H and O–H groups in total. The molecule has 88 valence electrons. The fourth-order valence-corrected chi connectivity index (χ4v) is 1.65. The third-order valence-electron chi connectivity index (χ3n) is 2.51. The van der Waals surface area contributed by atoms with Crippen LogP contribution in [-0.4, -0.2) is 30.4 Å². The van der Waals surface area contributed by atoms with Gasteiger partial charge in [-0.1, -0.05) is 18.2 Å². The van der Waals surface area contributed by atoms with Crippen molar-refractivity contribution in [2.24, 2.45) is 0 Å². The molecule has 0 saturated carbocycles. The molecule has 0 bridgehead atoms. The van der Waals surface area contributed by atoms with Crippen molar-refractivity contribution in [1.29, 1.82) is 0 Å². The minimum atomic E-state index is -0.246. The Kier molecular flexibility index (Phi) is 4.71. The Bertz CT molecular complexity index is 373. The summed E-state index contributed by atoms with van der Waals surface area (Å²) in [7, 11) is 0. The lowest BCUT2D eigenvalue weighted by Gasteiger charge is -2.27. The molecule has 0 aliphatic carbocycles. The van der Waals surface area contributed by atoms with Crippen LogP contribution in [0.15, 0.2) is 24.3 Å². The maximum Gasteiger partial charge on any atom is 0.236 e. The number of rotatable bonds is 2. The molecule has 0 spiro atoms. The van der Waals surface area contributed by atoms with E-state index in [2.05, 4.69) is 5.32 Å². The largest absolute Gasteiger partial charge is 0.336 e. The molecule has 1 saturated heterocycles. The lowest BCUT2D eigenvalue weighted by molar-refractivity contribution is -0.132. The number of nitrogens with zero attached hydrogens (tertiary/aromatic N) is 1. The van der Waals surface area contributed by atoms with Gasteiger partial charge < -0.3 is 10.2 Å². The molecule has 0 radical (unpaired) electrons. The predicted molar refractivity (Wildman–Crippen MR) is 61.9 cm³/mol. The first-order valence-electron chi connectivity index (χ1n) is 4.99. The third-order valence-corrected chi connectivity index (χ3v) is 2.51. The second-order valence-electron chi connectivity index (χ2n) is 3.58. The van der Waals surface area contributed by atoms with E-state index < -0.39 is 0 Å². The zero-order chi connectivity index (χ0) is 10.7. The number of amides is 1. The summed E-state index contributed by atoms with van der Waals surface area (Å²) in [5.41, 5.74) is 0.577. The molecule has 0 aromatic heterocycles. The third kappa shape index (κ3) is 2.93. The van der Waals surface area contributed by atoms with Gasteiger partial charge in [-0.25, -0.2) is 4.39 Å². The van der Waals surface area contributed by atoms with Gasteiger partial charge in [-0.3, -0.25) is 4.79 Å². The lowest BCUT2D eigenvalue weighted by Crippen LogP contribution is -2.47. The standard InChI is InChI=1S/C11H13FN2O.ClH/c12-10-4-2-1-3-9(10)8-14-6-5-13-7-11(14)15;/h1-4,13H,5-8H2;1H. The molecule has 0 atom stereocenters. The molecule has 0 unspecified atom stereocenters. The summed E-state index contributed by atoms with van der Waals surface area (Å²) in [6, 6.07) is 6.57. The summed E-state index contributed by atoms with van der Waals surface area (Å²) < 4.78 is 13.3. The Hall–Kier alpha value is -1.13. The molecule has 1 aliphatic rings. The molecule has 1 heterocycles. The van der Waals surface area contributed by atoms with E-state index in [0.29, 0.717) is 25.2 Å². The highest BCUT2D eigenvalue weighted by molar-refractivity contribution is 5.85. The number of carbonyl (C=O) groups is 1. The smallest absolute Gasteiger partial charge is 0.236 e. The van der Waals surface area contributed by atoms with Crippen LogP contribution in [0.25, 0.3) is 0 Å². The maximum absolute atomic E-state index is 13.3. The van der Waals surface area contributed by atoms with Crippen molar-refractivity contribution in [1.82, 2.24) is 10.2 Å². The maximum atomic E-state index is 13.3. The van der Waals surface area contributed by atoms with Gasteiger partial charge in [0.25, 0.3) is 0 Å². The van der Waals surface area contributed by atoms with Crippen LogP contribution in [0.4, 0.5) is 4.39 Å². The van der Waals surface area contributed by atoms with Gasteiger partial charge in [-0.15, -0.1) is 12.4 Å². The zero-order valence-corrected chi connectivity index (χ0v) is 9.60. The highest BCUT2D eigenvalue weighted by atomic mass is 35.5. The Morgan fingerprint density at radius 2 is 2.12 bits per heavy atom. The number of carbonyl (C=O) groups excluding carboxylic acids is 1. The van der Waals surface area contributed by atoms with Crippen molar-refractivity contribution in [3.63, 3.8) is 0 Å². The molecule has 1 aromatic rings. The molecule has 3 nitrogen and oxygen atoms in total. The summed E-state index contributed by atoms with van der Waals surface area (Å²) in [6.45, 7) is 2.15. The van der Waals surface area contributed by atoms with Crippen LogP contribution in [0, 0.1) is 5.82 Å². The van der Waals surface area contributed by atoms with E-state index in [1.54, 1.807) is 23.1 Å². The first kappa shape index (κ1) is 12.9. The lowest BCUT2D eigenvalue weighted by atomic mass is 10.2. The number of hydrogen-bond donors (Lipinski definition) is 1. The normalized spacial score (nSPS) is 15.8. The van der Waals surface area contributed by atoms with Gasteiger partial charge in [-0.05, 0) is 6.07 Å². The molecule has 16 heavy (non-hydrogen) atoms. The van der Waals surface area contributed by atoms with Gasteiger partial charge in [0.05, 0.1) is 6.54 Å². The van der Waals surface area contributed by atoms with Crippen molar-refractivity contribution in [2.45, 2.75) is 6.54 Å². The van der Waals surface area contributed by atoms with E-state index in [4.69, 9.17) is 0 Å². The van der Waals surface area contributed by atoms with Crippen LogP contribution in [0.3, 0.4) is 0 Å². The number of nitrogens with one attached hydrogen (secondary N) is 1. The first-order chi connectivity index (χ1) is 7.27. The van der Waals surface area contributed by atoms with Crippen molar-refractivity contribution in [3.8, 4) is 0 Å². The topological polar surface area (TPSA) is 32.3 Å². The van der Waals surface area contributed by atoms with Crippen LogP contribution < -0.4 is 5.32 Å². The van der Waals surface area contributed by atoms with Crippen molar-refractivity contribution in [3.05, 3.63) is 35.6 Å². The van der Waals surface area contributed by atoms with E-state index in [1.165, 1.54) is 6.07 Å². The van der Waals surface area contributed by atoms with Gasteiger partial charge >= 0.3 is 0 Å². The highest BCUT2D eigenvalue weighted by Gasteiger charge is 2.18. The second-order valence-corrected chi connectivity index (χ2v) is 3.58. The Morgan fingerprint density at radius 3 is 2.81 bits per heavy atom. The van der Waals surface area contributed by atoms with Crippen molar-refractivity contribution >= 4 is 18.3 Å². The quantitative estimate of drug-likeness (QED) is 0.847. The molecule has 1 amide bonds. The van der Waals surface area contributed by atoms with Crippen LogP contribution in [0.1, 0.15) is 5.56 Å². The minimum absolute atomic E-state index is 0. The molecule has 1 aromatic carbocycles.